The van der Waals surface area contributed by atoms with E-state index in [9.17, 15) is 14.4 Å². The second kappa shape index (κ2) is 9.34. The van der Waals surface area contributed by atoms with E-state index in [1.807, 2.05) is 0 Å². The normalized spacial score (nSPS) is 10.4. The predicted octanol–water partition coefficient (Wildman–Crippen LogP) is 2.52. The fourth-order valence-corrected chi connectivity index (χ4v) is 3.28. The molecule has 0 aliphatic rings. The van der Waals surface area contributed by atoms with E-state index >= 15 is 0 Å². The first-order chi connectivity index (χ1) is 12.5. The van der Waals surface area contributed by atoms with Crippen molar-refractivity contribution in [2.24, 2.45) is 0 Å². The highest BCUT2D eigenvalue weighted by Gasteiger charge is 2.31. The first-order valence-electron chi connectivity index (χ1n) is 7.64. The molecule has 26 heavy (non-hydrogen) atoms. The van der Waals surface area contributed by atoms with Gasteiger partial charge in [0.1, 0.15) is 22.4 Å². The molecule has 0 fully saturated rings. The molecule has 1 amide bonds. The maximum Gasteiger partial charge on any atom is 0.344 e. The number of nitrogens with one attached hydrogen (secondary N) is 1. The van der Waals surface area contributed by atoms with E-state index in [4.69, 9.17) is 13.9 Å². The van der Waals surface area contributed by atoms with Gasteiger partial charge in [-0.1, -0.05) is 23.1 Å². The topological polar surface area (TPSA) is 121 Å². The number of hydrogen-bond acceptors (Lipinski definition) is 10. The van der Waals surface area contributed by atoms with Crippen molar-refractivity contribution >= 4 is 46.8 Å². The fraction of sp³-hybridized carbons (Fsp3) is 0.400. The smallest absolute Gasteiger partial charge is 0.344 e. The summed E-state index contributed by atoms with van der Waals surface area (Å²) in [5.74, 6) is -1.89. The number of furan rings is 1. The van der Waals surface area contributed by atoms with Crippen molar-refractivity contribution in [3.05, 3.63) is 22.4 Å². The van der Waals surface area contributed by atoms with Gasteiger partial charge in [0.25, 0.3) is 0 Å². The van der Waals surface area contributed by atoms with Gasteiger partial charge in [-0.3, -0.25) is 10.1 Å². The first kappa shape index (κ1) is 19.9. The maximum atomic E-state index is 12.3. The van der Waals surface area contributed by atoms with Crippen molar-refractivity contribution in [1.82, 2.24) is 10.2 Å². The van der Waals surface area contributed by atoms with Gasteiger partial charge in [-0.25, -0.2) is 9.59 Å². The molecular weight excluding hydrogens is 382 g/mol. The molecule has 2 aromatic heterocycles. The van der Waals surface area contributed by atoms with Gasteiger partial charge in [0.2, 0.25) is 11.8 Å². The lowest BCUT2D eigenvalue weighted by molar-refractivity contribution is -0.113. The van der Waals surface area contributed by atoms with Crippen molar-refractivity contribution in [3.8, 4) is 0 Å². The van der Waals surface area contributed by atoms with Crippen LogP contribution < -0.4 is 5.32 Å². The van der Waals surface area contributed by atoms with Gasteiger partial charge in [-0.05, 0) is 20.8 Å². The molecule has 9 nitrogen and oxygen atoms in total. The number of esters is 2. The maximum absolute atomic E-state index is 12.3. The Morgan fingerprint density at radius 2 is 1.85 bits per heavy atom. The van der Waals surface area contributed by atoms with Crippen molar-refractivity contribution in [2.75, 3.05) is 24.3 Å². The highest BCUT2D eigenvalue weighted by atomic mass is 32.2. The zero-order chi connectivity index (χ0) is 19.1. The molecule has 2 heterocycles. The Kier molecular flexibility index (Phi) is 7.16. The molecule has 2 aromatic rings. The quantitative estimate of drug-likeness (QED) is 0.527. The summed E-state index contributed by atoms with van der Waals surface area (Å²) in [6.07, 6.45) is 0. The number of thioether (sulfide) groups is 1. The van der Waals surface area contributed by atoms with E-state index in [1.54, 1.807) is 19.4 Å². The third kappa shape index (κ3) is 4.82. The minimum absolute atomic E-state index is 0.0337. The number of carbonyl (C=O) groups is 3. The number of anilines is 1. The van der Waals surface area contributed by atoms with Crippen molar-refractivity contribution in [1.29, 1.82) is 0 Å². The predicted molar refractivity (Wildman–Crippen MR) is 94.6 cm³/mol. The van der Waals surface area contributed by atoms with Crippen LogP contribution in [0.5, 0.6) is 0 Å². The number of amides is 1. The highest BCUT2D eigenvalue weighted by Crippen LogP contribution is 2.29. The Balaban J connectivity index is 2.23. The summed E-state index contributed by atoms with van der Waals surface area (Å²) < 4.78 is 16.0. The van der Waals surface area contributed by atoms with Gasteiger partial charge in [-0.15, -0.1) is 10.2 Å². The van der Waals surface area contributed by atoms with E-state index in [0.717, 1.165) is 0 Å². The van der Waals surface area contributed by atoms with Crippen molar-refractivity contribution in [2.45, 2.75) is 25.1 Å². The van der Waals surface area contributed by atoms with E-state index < -0.39 is 17.8 Å². The summed E-state index contributed by atoms with van der Waals surface area (Å²) in [5, 5.41) is 9.99. The second-order valence-electron chi connectivity index (χ2n) is 4.72. The van der Waals surface area contributed by atoms with Crippen LogP contribution in [0.3, 0.4) is 0 Å². The molecule has 0 aliphatic heterocycles. The summed E-state index contributed by atoms with van der Waals surface area (Å²) in [6, 6.07) is 0. The van der Waals surface area contributed by atoms with E-state index in [0.29, 0.717) is 4.34 Å². The van der Waals surface area contributed by atoms with Crippen LogP contribution in [-0.2, 0) is 14.3 Å². The number of aryl methyl sites for hydroxylation is 1. The fourth-order valence-electron chi connectivity index (χ4n) is 2.00. The summed E-state index contributed by atoms with van der Waals surface area (Å²) in [5.41, 5.74) is 1.34. The van der Waals surface area contributed by atoms with Gasteiger partial charge in [0, 0.05) is 0 Å². The van der Waals surface area contributed by atoms with Gasteiger partial charge in [-0.2, -0.15) is 0 Å². The van der Waals surface area contributed by atoms with Gasteiger partial charge < -0.3 is 13.9 Å². The molecule has 1 N–H and O–H groups in total. The zero-order valence-corrected chi connectivity index (χ0v) is 16.0. The summed E-state index contributed by atoms with van der Waals surface area (Å²) >= 11 is 2.49. The molecule has 0 radical (unpaired) electrons. The van der Waals surface area contributed by atoms with Gasteiger partial charge >= 0.3 is 11.9 Å². The van der Waals surface area contributed by atoms with Crippen LogP contribution in [0.25, 0.3) is 0 Å². The summed E-state index contributed by atoms with van der Waals surface area (Å²) in [6.45, 7) is 5.01. The molecule has 0 bridgehead atoms. The Morgan fingerprint density at radius 3 is 2.42 bits per heavy atom. The minimum atomic E-state index is -0.778. The van der Waals surface area contributed by atoms with Crippen LogP contribution in [0.2, 0.25) is 0 Å². The lowest BCUT2D eigenvalue weighted by atomic mass is 10.1. The molecule has 0 saturated heterocycles. The summed E-state index contributed by atoms with van der Waals surface area (Å²) in [7, 11) is 0. The molecule has 2 rings (SSSR count). The molecule has 0 saturated carbocycles. The van der Waals surface area contributed by atoms with Crippen LogP contribution in [0.4, 0.5) is 5.88 Å². The monoisotopic (exact) mass is 399 g/mol. The van der Waals surface area contributed by atoms with Crippen LogP contribution in [0, 0.1) is 6.92 Å². The number of carbonyl (C=O) groups excluding carboxylic acids is 3. The van der Waals surface area contributed by atoms with Crippen molar-refractivity contribution < 1.29 is 28.3 Å². The van der Waals surface area contributed by atoms with Gasteiger partial charge in [0.05, 0.1) is 19.0 Å². The molecule has 0 atom stereocenters. The van der Waals surface area contributed by atoms with Crippen molar-refractivity contribution in [3.63, 3.8) is 0 Å². The second-order valence-corrected chi connectivity index (χ2v) is 6.78. The zero-order valence-electron chi connectivity index (χ0n) is 14.4. The number of rotatable bonds is 8. The van der Waals surface area contributed by atoms with E-state index in [2.05, 4.69) is 15.5 Å². The largest absolute Gasteiger partial charge is 0.462 e. The third-order valence-electron chi connectivity index (χ3n) is 2.96. The molecule has 140 valence electrons. The molecule has 0 aliphatic carbocycles. The standard InChI is InChI=1S/C15H17N3O6S2/c1-4-22-13(20)10-8(3)24-12(11(10)14(21)23-5-2)17-9(19)6-25-15-18-16-7-26-15/h7H,4-6H2,1-3H3,(H,17,19). The number of ether oxygens (including phenoxy) is 2. The van der Waals surface area contributed by atoms with Crippen LogP contribution in [0.15, 0.2) is 14.3 Å². The van der Waals surface area contributed by atoms with Crippen LogP contribution >= 0.6 is 23.1 Å². The molecule has 0 unspecified atom stereocenters. The average molecular weight is 399 g/mol. The lowest BCUT2D eigenvalue weighted by Crippen LogP contribution is -2.18. The Hall–Kier alpha value is -2.40. The minimum Gasteiger partial charge on any atom is -0.462 e. The Bertz CT molecular complexity index is 788. The Morgan fingerprint density at radius 1 is 1.19 bits per heavy atom. The molecular formula is C15H17N3O6S2. The molecule has 0 spiro atoms. The molecule has 0 aromatic carbocycles. The van der Waals surface area contributed by atoms with Gasteiger partial charge in [0.15, 0.2) is 4.34 Å². The van der Waals surface area contributed by atoms with E-state index in [-0.39, 0.29) is 41.7 Å². The third-order valence-corrected chi connectivity index (χ3v) is 4.82. The molecule has 11 heteroatoms. The lowest BCUT2D eigenvalue weighted by Gasteiger charge is -2.06. The number of aromatic nitrogens is 2. The average Bonchev–Trinajstić information content (AvgIpc) is 3.21. The van der Waals surface area contributed by atoms with Crippen LogP contribution in [-0.4, -0.2) is 47.0 Å². The Labute approximate surface area is 157 Å². The number of hydrogen-bond donors (Lipinski definition) is 1. The highest BCUT2D eigenvalue weighted by molar-refractivity contribution is 8.01. The van der Waals surface area contributed by atoms with Crippen LogP contribution in [0.1, 0.15) is 40.3 Å². The first-order valence-corrected chi connectivity index (χ1v) is 9.50. The number of nitrogens with zero attached hydrogens (tertiary/aromatic N) is 2. The SMILES string of the molecule is CCOC(=O)c1c(C)oc(NC(=O)CSc2nncs2)c1C(=O)OCC. The summed E-state index contributed by atoms with van der Waals surface area (Å²) in [4.78, 5) is 36.6. The van der Waals surface area contributed by atoms with E-state index in [1.165, 1.54) is 30.0 Å².